The Labute approximate surface area is 195 Å². The van der Waals surface area contributed by atoms with E-state index in [1.807, 2.05) is 0 Å². The third-order valence-electron chi connectivity index (χ3n) is 5.15. The van der Waals surface area contributed by atoms with E-state index in [9.17, 15) is 27.9 Å². The van der Waals surface area contributed by atoms with E-state index in [2.05, 4.69) is 4.98 Å². The Bertz CT molecular complexity index is 1470. The zero-order valence-corrected chi connectivity index (χ0v) is 18.5. The number of hydrogen-bond acceptors (Lipinski definition) is 5. The van der Waals surface area contributed by atoms with E-state index in [1.54, 1.807) is 24.3 Å². The number of halogens is 4. The molecule has 2 heterocycles. The van der Waals surface area contributed by atoms with Gasteiger partial charge in [-0.05, 0) is 35.9 Å². The number of hydrogen-bond donors (Lipinski definition) is 1. The summed E-state index contributed by atoms with van der Waals surface area (Å²) in [5.41, 5.74) is -1.66. The Morgan fingerprint density at radius 3 is 2.44 bits per heavy atom. The van der Waals surface area contributed by atoms with Crippen molar-refractivity contribution in [3.63, 3.8) is 0 Å². The zero-order chi connectivity index (χ0) is 24.6. The molecule has 178 valence electrons. The topological polar surface area (TPSA) is 91.3 Å². The van der Waals surface area contributed by atoms with Crippen LogP contribution in [0, 0.1) is 0 Å². The van der Waals surface area contributed by atoms with Crippen molar-refractivity contribution in [3.05, 3.63) is 85.5 Å². The molecule has 0 spiro atoms. The Morgan fingerprint density at radius 1 is 1.09 bits per heavy atom. The van der Waals surface area contributed by atoms with Gasteiger partial charge in [-0.25, -0.2) is 4.79 Å². The number of aliphatic hydroxyl groups is 1. The Kier molecular flexibility index (Phi) is 6.24. The van der Waals surface area contributed by atoms with Gasteiger partial charge in [0.15, 0.2) is 11.2 Å². The van der Waals surface area contributed by atoms with E-state index in [0.717, 1.165) is 21.3 Å². The molecule has 4 rings (SSSR count). The molecule has 2 aromatic heterocycles. The highest BCUT2D eigenvalue weighted by Crippen LogP contribution is 2.33. The molecule has 12 heteroatoms. The van der Waals surface area contributed by atoms with Crippen molar-refractivity contribution in [2.75, 3.05) is 6.61 Å². The smallest absolute Gasteiger partial charge is 0.416 e. The Hall–Kier alpha value is -3.57. The number of aliphatic hydroxyl groups excluding tert-OH is 1. The maximum atomic E-state index is 13.2. The number of aryl methyl sites for hydroxylation is 1. The minimum Gasteiger partial charge on any atom is -0.425 e. The van der Waals surface area contributed by atoms with E-state index < -0.39 is 29.6 Å². The maximum absolute atomic E-state index is 13.2. The lowest BCUT2D eigenvalue weighted by Gasteiger charge is -2.12. The highest BCUT2D eigenvalue weighted by Gasteiger charge is 2.31. The molecule has 8 nitrogen and oxygen atoms in total. The molecule has 0 saturated heterocycles. The van der Waals surface area contributed by atoms with Crippen LogP contribution in [0.15, 0.2) is 58.1 Å². The van der Waals surface area contributed by atoms with E-state index in [4.69, 9.17) is 16.3 Å². The third kappa shape index (κ3) is 4.44. The number of ether oxygens (including phenoxy) is 1. The van der Waals surface area contributed by atoms with Gasteiger partial charge in [0, 0.05) is 12.1 Å². The third-order valence-corrected chi connectivity index (χ3v) is 5.40. The second-order valence-corrected chi connectivity index (χ2v) is 7.87. The molecule has 2 aromatic carbocycles. The molecule has 0 fully saturated rings. The predicted molar refractivity (Wildman–Crippen MR) is 118 cm³/mol. The number of aromatic nitrogens is 4. The average molecular weight is 495 g/mol. The predicted octanol–water partition coefficient (Wildman–Crippen LogP) is 3.40. The van der Waals surface area contributed by atoms with Gasteiger partial charge in [0.2, 0.25) is 0 Å². The molecule has 0 atom stereocenters. The summed E-state index contributed by atoms with van der Waals surface area (Å²) >= 11 is 5.95. The second-order valence-electron chi connectivity index (χ2n) is 7.43. The highest BCUT2D eigenvalue weighted by molar-refractivity contribution is 6.30. The number of alkyl halides is 3. The minimum absolute atomic E-state index is 0.00697. The van der Waals surface area contributed by atoms with Gasteiger partial charge in [-0.1, -0.05) is 29.8 Å². The molecule has 0 bridgehead atoms. The molecule has 0 amide bonds. The van der Waals surface area contributed by atoms with Crippen molar-refractivity contribution in [2.45, 2.75) is 19.3 Å². The summed E-state index contributed by atoms with van der Waals surface area (Å²) in [5, 5.41) is 9.79. The number of benzene rings is 2. The molecule has 0 saturated carbocycles. The van der Waals surface area contributed by atoms with Crippen LogP contribution in [-0.4, -0.2) is 30.4 Å². The number of fused-ring (bicyclic) bond motifs is 1. The molecular formula is C22H18ClF3N4O4. The monoisotopic (exact) mass is 494 g/mol. The summed E-state index contributed by atoms with van der Waals surface area (Å²) < 4.78 is 48.5. The van der Waals surface area contributed by atoms with Crippen molar-refractivity contribution in [3.8, 4) is 11.8 Å². The van der Waals surface area contributed by atoms with Crippen LogP contribution in [0.25, 0.3) is 11.2 Å². The van der Waals surface area contributed by atoms with Crippen molar-refractivity contribution >= 4 is 22.8 Å². The molecule has 34 heavy (non-hydrogen) atoms. The zero-order valence-electron chi connectivity index (χ0n) is 17.7. The molecular weight excluding hydrogens is 477 g/mol. The summed E-state index contributed by atoms with van der Waals surface area (Å²) in [5.74, 6) is -0.150. The molecule has 0 aliphatic heterocycles. The van der Waals surface area contributed by atoms with Crippen LogP contribution >= 0.6 is 11.6 Å². The number of nitrogens with zero attached hydrogens (tertiary/aromatic N) is 4. The van der Waals surface area contributed by atoms with Crippen LogP contribution in [0.5, 0.6) is 11.8 Å². The Morgan fingerprint density at radius 2 is 1.79 bits per heavy atom. The summed E-state index contributed by atoms with van der Waals surface area (Å²) in [7, 11) is 1.39. The van der Waals surface area contributed by atoms with Gasteiger partial charge in [-0.15, -0.1) is 0 Å². The molecule has 0 radical (unpaired) electrons. The fraction of sp³-hybridized carbons (Fsp3) is 0.227. The SMILES string of the molecule is Cn1c(=O)n(CCO)c(=O)c2c1nc(Oc1cccc(C(F)(F)F)c1)n2Cc1ccc(Cl)cc1. The summed E-state index contributed by atoms with van der Waals surface area (Å²) in [6.45, 7) is -0.633. The number of rotatable bonds is 6. The fourth-order valence-electron chi connectivity index (χ4n) is 3.49. The summed E-state index contributed by atoms with van der Waals surface area (Å²) in [6.07, 6.45) is -4.58. The van der Waals surface area contributed by atoms with Gasteiger partial charge in [-0.3, -0.25) is 18.5 Å². The first-order valence-electron chi connectivity index (χ1n) is 10.0. The molecule has 0 unspecified atom stereocenters. The van der Waals surface area contributed by atoms with E-state index in [1.165, 1.54) is 23.7 Å². The van der Waals surface area contributed by atoms with Crippen LogP contribution in [0.3, 0.4) is 0 Å². The van der Waals surface area contributed by atoms with Gasteiger partial charge >= 0.3 is 17.9 Å². The highest BCUT2D eigenvalue weighted by atomic mass is 35.5. The van der Waals surface area contributed by atoms with Gasteiger partial charge in [0.1, 0.15) is 5.75 Å². The van der Waals surface area contributed by atoms with Gasteiger partial charge < -0.3 is 9.84 Å². The molecule has 0 aliphatic carbocycles. The fourth-order valence-corrected chi connectivity index (χ4v) is 3.61. The van der Waals surface area contributed by atoms with Crippen LogP contribution in [0.4, 0.5) is 13.2 Å². The Balaban J connectivity index is 1.92. The van der Waals surface area contributed by atoms with E-state index in [0.29, 0.717) is 10.6 Å². The first-order chi connectivity index (χ1) is 16.1. The lowest BCUT2D eigenvalue weighted by molar-refractivity contribution is -0.137. The van der Waals surface area contributed by atoms with Crippen molar-refractivity contribution in [1.29, 1.82) is 0 Å². The van der Waals surface area contributed by atoms with Crippen molar-refractivity contribution < 1.29 is 23.0 Å². The first-order valence-corrected chi connectivity index (χ1v) is 10.4. The standard InChI is InChI=1S/C22H18ClF3N4O4/c1-28-18-17(19(32)29(9-10-31)21(28)33)30(12-13-5-7-15(23)8-6-13)20(27-18)34-16-4-2-3-14(11-16)22(24,25)26/h2-8,11,31H,9-10,12H2,1H3. The van der Waals surface area contributed by atoms with Gasteiger partial charge in [0.25, 0.3) is 5.56 Å². The molecule has 1 N–H and O–H groups in total. The minimum atomic E-state index is -4.58. The van der Waals surface area contributed by atoms with Crippen molar-refractivity contribution in [2.24, 2.45) is 7.05 Å². The largest absolute Gasteiger partial charge is 0.425 e. The van der Waals surface area contributed by atoms with Crippen LogP contribution in [-0.2, 0) is 26.3 Å². The van der Waals surface area contributed by atoms with Gasteiger partial charge in [0.05, 0.1) is 25.3 Å². The van der Waals surface area contributed by atoms with Crippen molar-refractivity contribution in [1.82, 2.24) is 18.7 Å². The molecule has 4 aromatic rings. The van der Waals surface area contributed by atoms with Crippen LogP contribution in [0.2, 0.25) is 5.02 Å². The summed E-state index contributed by atoms with van der Waals surface area (Å²) in [4.78, 5) is 30.0. The van der Waals surface area contributed by atoms with Crippen LogP contribution < -0.4 is 16.0 Å². The average Bonchev–Trinajstić information content (AvgIpc) is 3.14. The quantitative estimate of drug-likeness (QED) is 0.443. The lowest BCUT2D eigenvalue weighted by atomic mass is 10.2. The van der Waals surface area contributed by atoms with E-state index in [-0.39, 0.29) is 36.0 Å². The molecule has 0 aliphatic rings. The van der Waals surface area contributed by atoms with E-state index >= 15 is 0 Å². The normalized spacial score (nSPS) is 11.8. The summed E-state index contributed by atoms with van der Waals surface area (Å²) in [6, 6.07) is 10.7. The second kappa shape index (κ2) is 8.99. The number of imidazole rings is 1. The first kappa shape index (κ1) is 23.6. The van der Waals surface area contributed by atoms with Gasteiger partial charge in [-0.2, -0.15) is 18.2 Å². The lowest BCUT2D eigenvalue weighted by Crippen LogP contribution is -2.40. The maximum Gasteiger partial charge on any atom is 0.416 e. The van der Waals surface area contributed by atoms with Crippen LogP contribution in [0.1, 0.15) is 11.1 Å².